The van der Waals surface area contributed by atoms with Crippen molar-refractivity contribution in [2.75, 3.05) is 11.4 Å². The number of pyridine rings is 1. The van der Waals surface area contributed by atoms with Gasteiger partial charge >= 0.3 is 6.18 Å². The second-order valence-electron chi connectivity index (χ2n) is 7.45. The first kappa shape index (κ1) is 25.4. The number of hydrogen-bond acceptors (Lipinski definition) is 3. The molecule has 0 spiro atoms. The monoisotopic (exact) mass is 463 g/mol. The van der Waals surface area contributed by atoms with Gasteiger partial charge in [0.05, 0.1) is 0 Å². The van der Waals surface area contributed by atoms with E-state index in [0.717, 1.165) is 17.2 Å². The summed E-state index contributed by atoms with van der Waals surface area (Å²) in [5, 5.41) is 0. The van der Waals surface area contributed by atoms with Crippen LogP contribution in [-0.2, 0) is 17.4 Å². The Morgan fingerprint density at radius 3 is 2.28 bits per heavy atom. The average Bonchev–Trinajstić information content (AvgIpc) is 2.76. The van der Waals surface area contributed by atoms with Gasteiger partial charge in [0.15, 0.2) is 0 Å². The van der Waals surface area contributed by atoms with Gasteiger partial charge in [-0.2, -0.15) is 13.2 Å². The van der Waals surface area contributed by atoms with E-state index in [9.17, 15) is 18.0 Å². The van der Waals surface area contributed by atoms with Crippen molar-refractivity contribution in [2.45, 2.75) is 32.5 Å². The maximum atomic E-state index is 13.3. The predicted molar refractivity (Wildman–Crippen MR) is 122 cm³/mol. The second-order valence-corrected chi connectivity index (χ2v) is 7.45. The number of nitrogens with zero attached hydrogens (tertiary/aromatic N) is 2. The lowest BCUT2D eigenvalue weighted by atomic mass is 10.0. The Morgan fingerprint density at radius 1 is 1.03 bits per heavy atom. The number of carbonyl (C=O) groups excluding carboxylic acids is 1. The van der Waals surface area contributed by atoms with E-state index in [-0.39, 0.29) is 24.9 Å². The van der Waals surface area contributed by atoms with Crippen LogP contribution >= 0.6 is 12.4 Å². The van der Waals surface area contributed by atoms with Crippen molar-refractivity contribution < 1.29 is 18.0 Å². The van der Waals surface area contributed by atoms with Gasteiger partial charge in [0.25, 0.3) is 0 Å². The molecule has 0 saturated carbocycles. The molecule has 0 aliphatic carbocycles. The number of amides is 1. The van der Waals surface area contributed by atoms with Gasteiger partial charge in [0.2, 0.25) is 5.91 Å². The molecule has 8 heteroatoms. The van der Waals surface area contributed by atoms with Crippen molar-refractivity contribution in [3.05, 3.63) is 94.8 Å². The van der Waals surface area contributed by atoms with Gasteiger partial charge in [0.1, 0.15) is 11.7 Å². The van der Waals surface area contributed by atoms with E-state index in [2.05, 4.69) is 4.98 Å². The van der Waals surface area contributed by atoms with Crippen molar-refractivity contribution in [1.82, 2.24) is 4.98 Å². The zero-order valence-electron chi connectivity index (χ0n) is 17.8. The van der Waals surface area contributed by atoms with Crippen molar-refractivity contribution in [2.24, 2.45) is 5.73 Å². The van der Waals surface area contributed by atoms with Crippen LogP contribution in [0.5, 0.6) is 0 Å². The van der Waals surface area contributed by atoms with E-state index in [1.807, 2.05) is 50.2 Å². The summed E-state index contributed by atoms with van der Waals surface area (Å²) in [4.78, 5) is 18.4. The Hall–Kier alpha value is -2.90. The Morgan fingerprint density at radius 2 is 1.72 bits per heavy atom. The fraction of sp³-hybridized carbons (Fsp3) is 0.250. The van der Waals surface area contributed by atoms with Crippen LogP contribution in [0.1, 0.15) is 34.0 Å². The Kier molecular flexibility index (Phi) is 8.41. The summed E-state index contributed by atoms with van der Waals surface area (Å²) in [6, 6.07) is 16.2. The summed E-state index contributed by atoms with van der Waals surface area (Å²) in [6.07, 6.45) is -2.95. The third kappa shape index (κ3) is 6.08. The van der Waals surface area contributed by atoms with Gasteiger partial charge < -0.3 is 10.6 Å². The lowest BCUT2D eigenvalue weighted by Gasteiger charge is -2.27. The first-order valence-corrected chi connectivity index (χ1v) is 9.88. The highest BCUT2D eigenvalue weighted by molar-refractivity contribution is 5.97. The standard InChI is InChI=1S/C24H24F3N3O.ClH/c1-16-8-10-20(14-17(16)2)30(23(31)22(28)19-6-4-3-5-7-19)13-12-18-9-11-21(29-15-18)24(25,26)27;/h3-11,14-15,22H,12-13,28H2,1-2H3;1H. The molecule has 0 saturated heterocycles. The summed E-state index contributed by atoms with van der Waals surface area (Å²) in [5.41, 5.74) is 9.42. The van der Waals surface area contributed by atoms with Gasteiger partial charge in [-0.25, -0.2) is 0 Å². The van der Waals surface area contributed by atoms with Crippen molar-refractivity contribution >= 4 is 24.0 Å². The third-order valence-corrected chi connectivity index (χ3v) is 5.23. The topological polar surface area (TPSA) is 59.2 Å². The van der Waals surface area contributed by atoms with Crippen LogP contribution < -0.4 is 10.6 Å². The van der Waals surface area contributed by atoms with E-state index in [0.29, 0.717) is 23.2 Å². The zero-order chi connectivity index (χ0) is 22.6. The number of carbonyl (C=O) groups is 1. The normalized spacial score (nSPS) is 12.1. The van der Waals surface area contributed by atoms with E-state index in [1.165, 1.54) is 12.3 Å². The van der Waals surface area contributed by atoms with Gasteiger partial charge in [0, 0.05) is 18.4 Å². The molecule has 3 aromatic rings. The summed E-state index contributed by atoms with van der Waals surface area (Å²) in [6.45, 7) is 4.20. The number of rotatable bonds is 6. The van der Waals surface area contributed by atoms with Crippen molar-refractivity contribution in [3.8, 4) is 0 Å². The molecule has 32 heavy (non-hydrogen) atoms. The third-order valence-electron chi connectivity index (χ3n) is 5.23. The number of hydrogen-bond donors (Lipinski definition) is 1. The highest BCUT2D eigenvalue weighted by Gasteiger charge is 2.32. The summed E-state index contributed by atoms with van der Waals surface area (Å²) < 4.78 is 38.3. The van der Waals surface area contributed by atoms with Crippen LogP contribution in [0.15, 0.2) is 66.9 Å². The molecule has 2 N–H and O–H groups in total. The van der Waals surface area contributed by atoms with E-state index in [4.69, 9.17) is 5.73 Å². The molecule has 3 rings (SSSR count). The molecular weight excluding hydrogens is 439 g/mol. The first-order valence-electron chi connectivity index (χ1n) is 9.88. The quantitative estimate of drug-likeness (QED) is 0.531. The van der Waals surface area contributed by atoms with Crippen LogP contribution in [0.2, 0.25) is 0 Å². The molecule has 0 aliphatic heterocycles. The Labute approximate surface area is 191 Å². The lowest BCUT2D eigenvalue weighted by Crippen LogP contribution is -2.40. The molecule has 1 atom stereocenters. The SMILES string of the molecule is Cc1ccc(N(CCc2ccc(C(F)(F)F)nc2)C(=O)C(N)c2ccccc2)cc1C.Cl. The molecule has 4 nitrogen and oxygen atoms in total. The maximum absolute atomic E-state index is 13.3. The van der Waals surface area contributed by atoms with Gasteiger partial charge in [-0.3, -0.25) is 9.78 Å². The molecule has 170 valence electrons. The zero-order valence-corrected chi connectivity index (χ0v) is 18.6. The van der Waals surface area contributed by atoms with Gasteiger partial charge in [-0.1, -0.05) is 42.5 Å². The first-order chi connectivity index (χ1) is 14.7. The van der Waals surface area contributed by atoms with E-state index >= 15 is 0 Å². The highest BCUT2D eigenvalue weighted by Crippen LogP contribution is 2.27. The minimum atomic E-state index is -4.48. The van der Waals surface area contributed by atoms with Crippen LogP contribution in [0, 0.1) is 13.8 Å². The summed E-state index contributed by atoms with van der Waals surface area (Å²) in [7, 11) is 0. The summed E-state index contributed by atoms with van der Waals surface area (Å²) >= 11 is 0. The van der Waals surface area contributed by atoms with Crippen molar-refractivity contribution in [1.29, 1.82) is 0 Å². The molecule has 0 radical (unpaired) electrons. The molecule has 0 fully saturated rings. The number of benzene rings is 2. The molecule has 0 aliphatic rings. The van der Waals surface area contributed by atoms with E-state index in [1.54, 1.807) is 17.0 Å². The largest absolute Gasteiger partial charge is 0.433 e. The van der Waals surface area contributed by atoms with Gasteiger partial charge in [-0.15, -0.1) is 12.4 Å². The van der Waals surface area contributed by atoms with Crippen LogP contribution in [0.25, 0.3) is 0 Å². The number of anilines is 1. The number of alkyl halides is 3. The number of nitrogens with two attached hydrogens (primary N) is 1. The lowest BCUT2D eigenvalue weighted by molar-refractivity contribution is -0.141. The Bertz CT molecular complexity index is 1040. The molecule has 1 amide bonds. The number of halogens is 4. The molecule has 1 aromatic heterocycles. The summed E-state index contributed by atoms with van der Waals surface area (Å²) in [5.74, 6) is -0.283. The van der Waals surface area contributed by atoms with Gasteiger partial charge in [-0.05, 0) is 60.7 Å². The molecular formula is C24H25ClF3N3O. The Balaban J connectivity index is 0.00000363. The molecule has 2 aromatic carbocycles. The maximum Gasteiger partial charge on any atom is 0.433 e. The fourth-order valence-electron chi connectivity index (χ4n) is 3.21. The average molecular weight is 464 g/mol. The molecule has 1 unspecified atom stereocenters. The van der Waals surface area contributed by atoms with E-state index < -0.39 is 17.9 Å². The highest BCUT2D eigenvalue weighted by atomic mass is 35.5. The predicted octanol–water partition coefficient (Wildman–Crippen LogP) is 5.41. The van der Waals surface area contributed by atoms with Crippen LogP contribution in [0.4, 0.5) is 18.9 Å². The molecule has 1 heterocycles. The number of aryl methyl sites for hydroxylation is 2. The fourth-order valence-corrected chi connectivity index (χ4v) is 3.21. The smallest absolute Gasteiger partial charge is 0.316 e. The minimum Gasteiger partial charge on any atom is -0.316 e. The number of aromatic nitrogens is 1. The minimum absolute atomic E-state index is 0. The second kappa shape index (κ2) is 10.6. The van der Waals surface area contributed by atoms with Crippen LogP contribution in [-0.4, -0.2) is 17.4 Å². The van der Waals surface area contributed by atoms with Crippen molar-refractivity contribution in [3.63, 3.8) is 0 Å². The van der Waals surface area contributed by atoms with Crippen LogP contribution in [0.3, 0.4) is 0 Å². The molecule has 0 bridgehead atoms.